The molecule has 0 radical (unpaired) electrons. The van der Waals surface area contributed by atoms with Crippen LogP contribution < -0.4 is 5.32 Å². The normalized spacial score (nSPS) is 18.3. The van der Waals surface area contributed by atoms with E-state index in [-0.39, 0.29) is 18.2 Å². The average Bonchev–Trinajstić information content (AvgIpc) is 3.31. The van der Waals surface area contributed by atoms with Crippen molar-refractivity contribution >= 4 is 5.82 Å². The summed E-state index contributed by atoms with van der Waals surface area (Å²) in [5.74, 6) is -1.25. The van der Waals surface area contributed by atoms with Gasteiger partial charge in [-0.2, -0.15) is 18.3 Å². The lowest BCUT2D eigenvalue weighted by Gasteiger charge is -2.44. The van der Waals surface area contributed by atoms with Gasteiger partial charge in [0.05, 0.1) is 12.1 Å². The maximum Gasteiger partial charge on any atom is 0.417 e. The molecule has 4 rings (SSSR count). The molecule has 0 spiro atoms. The zero-order chi connectivity index (χ0) is 25.2. The summed E-state index contributed by atoms with van der Waals surface area (Å²) in [5.41, 5.74) is -2.59. The Morgan fingerprint density at radius 3 is 2.46 bits per heavy atom. The van der Waals surface area contributed by atoms with Crippen LogP contribution in [0.2, 0.25) is 0 Å². The molecule has 35 heavy (non-hydrogen) atoms. The SMILES string of the molecule is C[C@@H](N1CCC(Nc2ccc(C(F)(F)F)cn2)CC1)[C@](O)(Cn1cncn1)c1ccc(F)cc1F. The van der Waals surface area contributed by atoms with Crippen LogP contribution in [0.4, 0.5) is 27.8 Å². The molecule has 3 aromatic rings. The van der Waals surface area contributed by atoms with E-state index in [2.05, 4.69) is 20.4 Å². The Kier molecular flexibility index (Phi) is 7.04. The van der Waals surface area contributed by atoms with Crippen molar-refractivity contribution in [3.8, 4) is 0 Å². The fourth-order valence-electron chi connectivity index (χ4n) is 4.43. The lowest BCUT2D eigenvalue weighted by molar-refractivity contribution is -0.137. The molecule has 0 aliphatic carbocycles. The summed E-state index contributed by atoms with van der Waals surface area (Å²) in [6.45, 7) is 2.74. The maximum atomic E-state index is 14.8. The van der Waals surface area contributed by atoms with Crippen LogP contribution in [0.15, 0.2) is 49.2 Å². The van der Waals surface area contributed by atoms with E-state index < -0.39 is 35.0 Å². The van der Waals surface area contributed by atoms with Gasteiger partial charge in [-0.05, 0) is 38.0 Å². The monoisotopic (exact) mass is 496 g/mol. The third-order valence-electron chi connectivity index (χ3n) is 6.48. The first-order chi connectivity index (χ1) is 16.6. The summed E-state index contributed by atoms with van der Waals surface area (Å²) >= 11 is 0. The highest BCUT2D eigenvalue weighted by Gasteiger charge is 2.42. The molecule has 7 nitrogen and oxygen atoms in total. The lowest BCUT2D eigenvalue weighted by Crippen LogP contribution is -2.55. The van der Waals surface area contributed by atoms with Gasteiger partial charge in [0, 0.05) is 43.0 Å². The molecule has 0 bridgehead atoms. The minimum atomic E-state index is -4.44. The Hall–Kier alpha value is -3.12. The van der Waals surface area contributed by atoms with E-state index in [1.54, 1.807) is 6.92 Å². The molecular weight excluding hydrogens is 471 g/mol. The van der Waals surface area contributed by atoms with Gasteiger partial charge in [-0.25, -0.2) is 23.4 Å². The highest BCUT2D eigenvalue weighted by Crippen LogP contribution is 2.34. The van der Waals surface area contributed by atoms with Crippen molar-refractivity contribution in [2.24, 2.45) is 0 Å². The van der Waals surface area contributed by atoms with Crippen molar-refractivity contribution in [2.45, 2.75) is 50.2 Å². The first-order valence-corrected chi connectivity index (χ1v) is 11.1. The molecule has 0 unspecified atom stereocenters. The van der Waals surface area contributed by atoms with Crippen LogP contribution in [-0.2, 0) is 18.3 Å². The molecule has 1 aliphatic heterocycles. The van der Waals surface area contributed by atoms with Crippen molar-refractivity contribution in [3.05, 3.63) is 71.9 Å². The van der Waals surface area contributed by atoms with Gasteiger partial charge in [0.25, 0.3) is 0 Å². The van der Waals surface area contributed by atoms with E-state index in [1.165, 1.54) is 29.5 Å². The van der Waals surface area contributed by atoms with Crippen LogP contribution in [0.25, 0.3) is 0 Å². The molecule has 188 valence electrons. The van der Waals surface area contributed by atoms with E-state index in [9.17, 15) is 27.1 Å². The standard InChI is InChI=1S/C23H25F5N6O/c1-15(22(35,12-34-14-29-13-31-34)19-4-3-17(24)10-20(19)25)33-8-6-18(7-9-33)32-21-5-2-16(11-30-21)23(26,27)28/h2-5,10-11,13-15,18,35H,6-9,12H2,1H3,(H,30,32)/t15-,22-/m1/s1. The second-order valence-corrected chi connectivity index (χ2v) is 8.70. The molecule has 12 heteroatoms. The van der Waals surface area contributed by atoms with Gasteiger partial charge in [0.2, 0.25) is 0 Å². The van der Waals surface area contributed by atoms with E-state index >= 15 is 0 Å². The number of pyridine rings is 1. The fourth-order valence-corrected chi connectivity index (χ4v) is 4.43. The number of piperidine rings is 1. The third-order valence-corrected chi connectivity index (χ3v) is 6.48. The second-order valence-electron chi connectivity index (χ2n) is 8.70. The number of aliphatic hydroxyl groups is 1. The van der Waals surface area contributed by atoms with Crippen molar-refractivity contribution < 1.29 is 27.1 Å². The quantitative estimate of drug-likeness (QED) is 0.485. The molecule has 1 aromatic carbocycles. The number of benzene rings is 1. The van der Waals surface area contributed by atoms with Crippen LogP contribution in [0.1, 0.15) is 30.9 Å². The van der Waals surface area contributed by atoms with Gasteiger partial charge in [0.15, 0.2) is 0 Å². The smallest absolute Gasteiger partial charge is 0.381 e. The van der Waals surface area contributed by atoms with Crippen LogP contribution in [0.3, 0.4) is 0 Å². The number of anilines is 1. The number of halogens is 5. The maximum absolute atomic E-state index is 14.8. The molecule has 0 amide bonds. The van der Waals surface area contributed by atoms with Crippen LogP contribution in [0, 0.1) is 11.6 Å². The van der Waals surface area contributed by atoms with E-state index in [1.807, 2.05) is 4.90 Å². The lowest BCUT2D eigenvalue weighted by atomic mass is 9.84. The van der Waals surface area contributed by atoms with E-state index in [0.717, 1.165) is 24.4 Å². The first kappa shape index (κ1) is 25.0. The summed E-state index contributed by atoms with van der Waals surface area (Å²) in [4.78, 5) is 9.73. The van der Waals surface area contributed by atoms with Crippen LogP contribution in [0.5, 0.6) is 0 Å². The predicted octanol–water partition coefficient (Wildman–Crippen LogP) is 3.82. The van der Waals surface area contributed by atoms with Crippen molar-refractivity contribution in [3.63, 3.8) is 0 Å². The van der Waals surface area contributed by atoms with Crippen molar-refractivity contribution in [1.82, 2.24) is 24.6 Å². The molecule has 1 saturated heterocycles. The molecule has 3 heterocycles. The predicted molar refractivity (Wildman–Crippen MR) is 117 cm³/mol. The zero-order valence-corrected chi connectivity index (χ0v) is 18.9. The zero-order valence-electron chi connectivity index (χ0n) is 18.9. The van der Waals surface area contributed by atoms with Crippen LogP contribution in [-0.4, -0.2) is 54.9 Å². The van der Waals surface area contributed by atoms with Gasteiger partial charge < -0.3 is 10.4 Å². The number of rotatable bonds is 7. The summed E-state index contributed by atoms with van der Waals surface area (Å²) in [6.07, 6.45) is 0.308. The minimum Gasteiger partial charge on any atom is -0.381 e. The molecule has 1 aliphatic rings. The van der Waals surface area contributed by atoms with Gasteiger partial charge in [-0.3, -0.25) is 4.90 Å². The minimum absolute atomic E-state index is 0.0337. The summed E-state index contributed by atoms with van der Waals surface area (Å²) < 4.78 is 67.9. The molecular formula is C23H25F5N6O. The number of alkyl halides is 3. The Morgan fingerprint density at radius 1 is 1.14 bits per heavy atom. The Balaban J connectivity index is 1.46. The Bertz CT molecular complexity index is 1120. The van der Waals surface area contributed by atoms with E-state index in [4.69, 9.17) is 0 Å². The number of likely N-dealkylation sites (tertiary alicyclic amines) is 1. The molecule has 2 N–H and O–H groups in total. The molecule has 1 fully saturated rings. The van der Waals surface area contributed by atoms with E-state index in [0.29, 0.717) is 31.7 Å². The molecule has 2 aromatic heterocycles. The third kappa shape index (κ3) is 5.59. The Labute approximate surface area is 198 Å². The van der Waals surface area contributed by atoms with Gasteiger partial charge in [-0.1, -0.05) is 6.07 Å². The summed E-state index contributed by atoms with van der Waals surface area (Å²) in [5, 5.41) is 18.9. The molecule has 0 saturated carbocycles. The van der Waals surface area contributed by atoms with Crippen molar-refractivity contribution in [2.75, 3.05) is 18.4 Å². The first-order valence-electron chi connectivity index (χ1n) is 11.1. The highest BCUT2D eigenvalue weighted by molar-refractivity contribution is 5.37. The topological polar surface area (TPSA) is 79.1 Å². The van der Waals surface area contributed by atoms with Crippen LogP contribution >= 0.6 is 0 Å². The van der Waals surface area contributed by atoms with Gasteiger partial charge in [0.1, 0.15) is 35.7 Å². The van der Waals surface area contributed by atoms with Crippen molar-refractivity contribution in [1.29, 1.82) is 0 Å². The summed E-state index contributed by atoms with van der Waals surface area (Å²) in [6, 6.07) is 4.75. The molecule has 2 atom stereocenters. The average molecular weight is 496 g/mol. The number of aromatic nitrogens is 4. The number of nitrogens with one attached hydrogen (secondary N) is 1. The number of nitrogens with zero attached hydrogens (tertiary/aromatic N) is 5. The number of hydrogen-bond donors (Lipinski definition) is 2. The summed E-state index contributed by atoms with van der Waals surface area (Å²) in [7, 11) is 0. The number of hydrogen-bond acceptors (Lipinski definition) is 6. The Morgan fingerprint density at radius 2 is 1.89 bits per heavy atom. The highest BCUT2D eigenvalue weighted by atomic mass is 19.4. The van der Waals surface area contributed by atoms with Gasteiger partial charge in [-0.15, -0.1) is 0 Å². The second kappa shape index (κ2) is 9.86. The fraction of sp³-hybridized carbons (Fsp3) is 0.435. The van der Waals surface area contributed by atoms with Gasteiger partial charge >= 0.3 is 6.18 Å². The largest absolute Gasteiger partial charge is 0.417 e.